The number of piperidine rings is 1. The van der Waals surface area contributed by atoms with Crippen molar-refractivity contribution in [2.45, 2.75) is 32.8 Å². The summed E-state index contributed by atoms with van der Waals surface area (Å²) in [5, 5.41) is 20.4. The molecule has 2 N–H and O–H groups in total. The number of rotatable bonds is 4. The largest absolute Gasteiger partial charge is 0.393 e. The van der Waals surface area contributed by atoms with E-state index in [0.29, 0.717) is 18.2 Å². The summed E-state index contributed by atoms with van der Waals surface area (Å²) < 4.78 is 0. The fraction of sp³-hybridized carbons (Fsp3) is 0.643. The van der Waals surface area contributed by atoms with Gasteiger partial charge in [-0.15, -0.1) is 10.2 Å². The van der Waals surface area contributed by atoms with Crippen LogP contribution in [0.4, 0.5) is 5.82 Å². The molecule has 2 rings (SSSR count). The Labute approximate surface area is 119 Å². The van der Waals surface area contributed by atoms with Gasteiger partial charge in [0.05, 0.1) is 6.10 Å². The van der Waals surface area contributed by atoms with Crippen LogP contribution in [-0.4, -0.2) is 46.9 Å². The van der Waals surface area contributed by atoms with Crippen molar-refractivity contribution in [2.75, 3.05) is 24.5 Å². The highest BCUT2D eigenvalue weighted by Gasteiger charge is 2.23. The van der Waals surface area contributed by atoms with Crippen LogP contribution in [0.3, 0.4) is 0 Å². The van der Waals surface area contributed by atoms with E-state index in [2.05, 4.69) is 20.4 Å². The number of amides is 1. The monoisotopic (exact) mass is 278 g/mol. The first-order valence-corrected chi connectivity index (χ1v) is 7.16. The lowest BCUT2D eigenvalue weighted by Gasteiger charge is -2.33. The molecule has 0 aliphatic carbocycles. The number of carbonyl (C=O) groups is 1. The zero-order valence-corrected chi connectivity index (χ0v) is 12.0. The molecule has 1 amide bonds. The highest BCUT2D eigenvalue weighted by Crippen LogP contribution is 2.23. The average Bonchev–Trinajstić information content (AvgIpc) is 2.48. The van der Waals surface area contributed by atoms with Crippen molar-refractivity contribution in [3.05, 3.63) is 17.8 Å². The Morgan fingerprint density at radius 2 is 2.15 bits per heavy atom. The number of aliphatic hydroxyl groups excluding tert-OH is 1. The van der Waals surface area contributed by atoms with Crippen LogP contribution in [0.15, 0.2) is 12.1 Å². The van der Waals surface area contributed by atoms with Gasteiger partial charge in [-0.1, -0.05) is 0 Å². The first kappa shape index (κ1) is 14.7. The molecular formula is C14H22N4O2. The van der Waals surface area contributed by atoms with Gasteiger partial charge in [0.1, 0.15) is 0 Å². The van der Waals surface area contributed by atoms with Crippen molar-refractivity contribution >= 4 is 11.7 Å². The molecule has 1 aliphatic rings. The summed E-state index contributed by atoms with van der Waals surface area (Å²) in [6, 6.07) is 3.54. The van der Waals surface area contributed by atoms with Gasteiger partial charge in [-0.05, 0) is 44.7 Å². The Bertz CT molecular complexity index is 439. The minimum absolute atomic E-state index is 0.195. The molecule has 1 saturated heterocycles. The van der Waals surface area contributed by atoms with Crippen molar-refractivity contribution in [3.8, 4) is 0 Å². The molecule has 2 heterocycles. The van der Waals surface area contributed by atoms with Gasteiger partial charge in [-0.25, -0.2) is 0 Å². The van der Waals surface area contributed by atoms with E-state index >= 15 is 0 Å². The quantitative estimate of drug-likeness (QED) is 0.852. The minimum Gasteiger partial charge on any atom is -0.393 e. The maximum Gasteiger partial charge on any atom is 0.271 e. The lowest BCUT2D eigenvalue weighted by atomic mass is 9.92. The molecule has 1 aliphatic heterocycles. The normalized spacial score (nSPS) is 17.9. The van der Waals surface area contributed by atoms with Crippen LogP contribution in [0, 0.1) is 5.92 Å². The van der Waals surface area contributed by atoms with E-state index in [0.717, 1.165) is 31.7 Å². The van der Waals surface area contributed by atoms with Crippen molar-refractivity contribution in [1.29, 1.82) is 0 Å². The van der Waals surface area contributed by atoms with Crippen LogP contribution in [0.5, 0.6) is 0 Å². The number of carbonyl (C=O) groups excluding carboxylic acids is 1. The Morgan fingerprint density at radius 1 is 1.45 bits per heavy atom. The van der Waals surface area contributed by atoms with Gasteiger partial charge in [0.15, 0.2) is 11.5 Å². The third-order valence-electron chi connectivity index (χ3n) is 3.77. The minimum atomic E-state index is -0.247. The predicted molar refractivity (Wildman–Crippen MR) is 76.7 cm³/mol. The Balaban J connectivity index is 1.96. The summed E-state index contributed by atoms with van der Waals surface area (Å²) >= 11 is 0. The predicted octanol–water partition coefficient (Wildman–Crippen LogP) is 0.823. The van der Waals surface area contributed by atoms with E-state index in [-0.39, 0.29) is 12.0 Å². The van der Waals surface area contributed by atoms with Gasteiger partial charge in [-0.2, -0.15) is 0 Å². The van der Waals surface area contributed by atoms with E-state index in [1.165, 1.54) is 0 Å². The van der Waals surface area contributed by atoms with Gasteiger partial charge in [0.25, 0.3) is 5.91 Å². The zero-order valence-electron chi connectivity index (χ0n) is 12.0. The fourth-order valence-electron chi connectivity index (χ4n) is 2.48. The molecule has 6 nitrogen and oxygen atoms in total. The molecule has 1 unspecified atom stereocenters. The number of aliphatic hydroxyl groups is 1. The van der Waals surface area contributed by atoms with Crippen molar-refractivity contribution in [3.63, 3.8) is 0 Å². The Kier molecular flexibility index (Phi) is 4.89. The lowest BCUT2D eigenvalue weighted by Crippen LogP contribution is -2.37. The van der Waals surface area contributed by atoms with Crippen LogP contribution < -0.4 is 10.2 Å². The summed E-state index contributed by atoms with van der Waals surface area (Å²) in [5.74, 6) is 0.968. The molecule has 1 aromatic heterocycles. The second kappa shape index (κ2) is 6.65. The summed E-state index contributed by atoms with van der Waals surface area (Å²) in [4.78, 5) is 13.7. The first-order valence-electron chi connectivity index (χ1n) is 7.16. The van der Waals surface area contributed by atoms with Crippen LogP contribution in [0.1, 0.15) is 37.2 Å². The van der Waals surface area contributed by atoms with E-state index < -0.39 is 0 Å². The van der Waals surface area contributed by atoms with Crippen LogP contribution in [0.25, 0.3) is 0 Å². The highest BCUT2D eigenvalue weighted by molar-refractivity contribution is 5.92. The molecular weight excluding hydrogens is 256 g/mol. The highest BCUT2D eigenvalue weighted by atomic mass is 16.3. The Hall–Kier alpha value is -1.69. The van der Waals surface area contributed by atoms with Gasteiger partial charge in [-0.3, -0.25) is 4.79 Å². The molecule has 0 spiro atoms. The molecule has 0 radical (unpaired) electrons. The third kappa shape index (κ3) is 3.45. The number of nitrogens with one attached hydrogen (secondary N) is 1. The summed E-state index contributed by atoms with van der Waals surface area (Å²) in [6.07, 6.45) is 1.66. The van der Waals surface area contributed by atoms with Crippen LogP contribution in [0.2, 0.25) is 0 Å². The third-order valence-corrected chi connectivity index (χ3v) is 3.77. The van der Waals surface area contributed by atoms with Crippen molar-refractivity contribution in [1.82, 2.24) is 15.5 Å². The van der Waals surface area contributed by atoms with Crippen LogP contribution in [-0.2, 0) is 0 Å². The van der Waals surface area contributed by atoms with Crippen molar-refractivity contribution < 1.29 is 9.90 Å². The molecule has 1 atom stereocenters. The fourth-order valence-corrected chi connectivity index (χ4v) is 2.48. The topological polar surface area (TPSA) is 78.4 Å². The van der Waals surface area contributed by atoms with Gasteiger partial charge < -0.3 is 15.3 Å². The number of anilines is 1. The number of aromatic nitrogens is 2. The second-order valence-corrected chi connectivity index (χ2v) is 5.20. The standard InChI is InChI=1S/C14H22N4O2/c1-3-15-14(20)12-4-5-13(17-16-12)18-8-6-11(7-9-18)10(2)19/h4-5,10-11,19H,3,6-9H2,1-2H3,(H,15,20). The number of hydrogen-bond donors (Lipinski definition) is 2. The van der Waals surface area contributed by atoms with E-state index in [9.17, 15) is 9.90 Å². The average molecular weight is 278 g/mol. The number of hydrogen-bond acceptors (Lipinski definition) is 5. The lowest BCUT2D eigenvalue weighted by molar-refractivity contribution is 0.0949. The molecule has 0 saturated carbocycles. The van der Waals surface area contributed by atoms with Gasteiger partial charge in [0.2, 0.25) is 0 Å². The molecule has 6 heteroatoms. The number of nitrogens with zero attached hydrogens (tertiary/aromatic N) is 3. The second-order valence-electron chi connectivity index (χ2n) is 5.20. The van der Waals surface area contributed by atoms with Gasteiger partial charge in [0, 0.05) is 19.6 Å². The summed E-state index contributed by atoms with van der Waals surface area (Å²) in [5.41, 5.74) is 0.342. The molecule has 1 aromatic rings. The van der Waals surface area contributed by atoms with E-state index in [4.69, 9.17) is 0 Å². The maximum absolute atomic E-state index is 11.6. The molecule has 110 valence electrons. The molecule has 1 fully saturated rings. The van der Waals surface area contributed by atoms with Crippen LogP contribution >= 0.6 is 0 Å². The van der Waals surface area contributed by atoms with E-state index in [1.54, 1.807) is 6.07 Å². The summed E-state index contributed by atoms with van der Waals surface area (Å²) in [6.45, 7) is 6.03. The SMILES string of the molecule is CCNC(=O)c1ccc(N2CCC(C(C)O)CC2)nn1. The van der Waals surface area contributed by atoms with Crippen molar-refractivity contribution in [2.24, 2.45) is 5.92 Å². The Morgan fingerprint density at radius 3 is 2.65 bits per heavy atom. The maximum atomic E-state index is 11.6. The first-order chi connectivity index (χ1) is 9.61. The molecule has 20 heavy (non-hydrogen) atoms. The van der Waals surface area contributed by atoms with Gasteiger partial charge >= 0.3 is 0 Å². The smallest absolute Gasteiger partial charge is 0.271 e. The summed E-state index contributed by atoms with van der Waals surface area (Å²) in [7, 11) is 0. The molecule has 0 aromatic carbocycles. The molecule has 0 bridgehead atoms. The zero-order chi connectivity index (χ0) is 14.5. The van der Waals surface area contributed by atoms with E-state index in [1.807, 2.05) is 19.9 Å².